The van der Waals surface area contributed by atoms with Crippen LogP contribution in [0.25, 0.3) is 11.3 Å². The Morgan fingerprint density at radius 3 is 2.54 bits per heavy atom. The number of likely N-dealkylation sites (tertiary alicyclic amines) is 1. The zero-order chi connectivity index (χ0) is 17.3. The molecule has 1 aliphatic rings. The molecular formula is C19H27ClN4. The highest BCUT2D eigenvalue weighted by Gasteiger charge is 2.36. The van der Waals surface area contributed by atoms with Crippen LogP contribution < -0.4 is 0 Å². The molecule has 1 aromatic carbocycles. The molecule has 0 spiro atoms. The van der Waals surface area contributed by atoms with E-state index in [0.717, 1.165) is 35.9 Å². The highest BCUT2D eigenvalue weighted by Crippen LogP contribution is 2.30. The first-order valence-corrected chi connectivity index (χ1v) is 9.00. The minimum Gasteiger partial charge on any atom is -0.305 e. The Labute approximate surface area is 149 Å². The third kappa shape index (κ3) is 3.66. The number of hydrogen-bond acceptors (Lipinski definition) is 3. The maximum atomic E-state index is 6.00. The van der Waals surface area contributed by atoms with Gasteiger partial charge in [-0.05, 0) is 43.6 Å². The number of halogens is 1. The molecule has 1 saturated heterocycles. The van der Waals surface area contributed by atoms with Gasteiger partial charge in [0.25, 0.3) is 0 Å². The molecule has 24 heavy (non-hydrogen) atoms. The maximum Gasteiger partial charge on any atom is 0.0695 e. The van der Waals surface area contributed by atoms with Crippen LogP contribution in [0, 0.1) is 11.8 Å². The van der Waals surface area contributed by atoms with Crippen LogP contribution in [0.15, 0.2) is 30.5 Å². The van der Waals surface area contributed by atoms with Gasteiger partial charge in [0, 0.05) is 36.3 Å². The number of nitrogens with one attached hydrogen (secondary N) is 1. The van der Waals surface area contributed by atoms with Crippen molar-refractivity contribution >= 4 is 11.6 Å². The minimum atomic E-state index is 0.621. The summed E-state index contributed by atoms with van der Waals surface area (Å²) < 4.78 is 0. The van der Waals surface area contributed by atoms with Gasteiger partial charge >= 0.3 is 0 Å². The summed E-state index contributed by atoms with van der Waals surface area (Å²) in [7, 11) is 4.39. The molecule has 4 nitrogen and oxygen atoms in total. The lowest BCUT2D eigenvalue weighted by molar-refractivity contribution is 0.215. The zero-order valence-electron chi connectivity index (χ0n) is 15.0. The molecule has 2 aromatic rings. The van der Waals surface area contributed by atoms with Gasteiger partial charge in [-0.1, -0.05) is 37.6 Å². The zero-order valence-corrected chi connectivity index (χ0v) is 15.7. The van der Waals surface area contributed by atoms with Gasteiger partial charge in [0.15, 0.2) is 0 Å². The number of hydrogen-bond donors (Lipinski definition) is 1. The summed E-state index contributed by atoms with van der Waals surface area (Å²) in [4.78, 5) is 4.93. The number of benzene rings is 1. The van der Waals surface area contributed by atoms with E-state index < -0.39 is 0 Å². The maximum absolute atomic E-state index is 6.00. The average molecular weight is 347 g/mol. The smallest absolute Gasteiger partial charge is 0.0695 e. The predicted octanol–water partition coefficient (Wildman–Crippen LogP) is 3.75. The normalized spacial score (nSPS) is 22.0. The van der Waals surface area contributed by atoms with Crippen molar-refractivity contribution in [2.24, 2.45) is 11.8 Å². The first-order chi connectivity index (χ1) is 11.5. The first-order valence-electron chi connectivity index (χ1n) is 8.62. The van der Waals surface area contributed by atoms with Crippen molar-refractivity contribution in [3.63, 3.8) is 0 Å². The SMILES string of the molecule is CC(C)[C@@H]1CN(Cc2cn[nH]c2-c2ccc(Cl)cc2)C[C@H]1N(C)C. The Bertz CT molecular complexity index is 646. The van der Waals surface area contributed by atoms with Crippen LogP contribution in [0.3, 0.4) is 0 Å². The molecule has 1 N–H and O–H groups in total. The van der Waals surface area contributed by atoms with E-state index in [1.165, 1.54) is 5.56 Å². The van der Waals surface area contributed by atoms with Gasteiger partial charge in [-0.15, -0.1) is 0 Å². The van der Waals surface area contributed by atoms with Crippen molar-refractivity contribution in [1.82, 2.24) is 20.0 Å². The van der Waals surface area contributed by atoms with Crippen molar-refractivity contribution in [2.45, 2.75) is 26.4 Å². The Kier molecular flexibility index (Phi) is 5.28. The van der Waals surface area contributed by atoms with E-state index in [1.807, 2.05) is 30.5 Å². The van der Waals surface area contributed by atoms with Gasteiger partial charge in [-0.3, -0.25) is 10.00 Å². The van der Waals surface area contributed by atoms with Crippen LogP contribution in [-0.4, -0.2) is 53.2 Å². The van der Waals surface area contributed by atoms with E-state index in [4.69, 9.17) is 11.6 Å². The molecule has 2 atom stereocenters. The van der Waals surface area contributed by atoms with Gasteiger partial charge in [-0.25, -0.2) is 0 Å². The lowest BCUT2D eigenvalue weighted by Crippen LogP contribution is -2.37. The second-order valence-electron chi connectivity index (χ2n) is 7.41. The highest BCUT2D eigenvalue weighted by molar-refractivity contribution is 6.30. The summed E-state index contributed by atoms with van der Waals surface area (Å²) in [5.74, 6) is 1.41. The molecule has 0 unspecified atom stereocenters. The van der Waals surface area contributed by atoms with Crippen molar-refractivity contribution < 1.29 is 0 Å². The van der Waals surface area contributed by atoms with E-state index in [9.17, 15) is 0 Å². The molecule has 5 heteroatoms. The quantitative estimate of drug-likeness (QED) is 0.895. The highest BCUT2D eigenvalue weighted by atomic mass is 35.5. The molecule has 0 radical (unpaired) electrons. The standard InChI is InChI=1S/C19H27ClN4/c1-13(2)17-11-24(12-18(17)23(3)4)10-15-9-21-22-19(15)14-5-7-16(20)8-6-14/h5-9,13,17-18H,10-12H2,1-4H3,(H,21,22)/t17-,18+/m0/s1. The van der Waals surface area contributed by atoms with Gasteiger partial charge < -0.3 is 4.90 Å². The lowest BCUT2D eigenvalue weighted by atomic mass is 9.91. The van der Waals surface area contributed by atoms with Gasteiger partial charge in [0.2, 0.25) is 0 Å². The van der Waals surface area contributed by atoms with Crippen LogP contribution in [-0.2, 0) is 6.54 Å². The Morgan fingerprint density at radius 1 is 1.25 bits per heavy atom. The van der Waals surface area contributed by atoms with Gasteiger partial charge in [0.05, 0.1) is 11.9 Å². The van der Waals surface area contributed by atoms with Crippen molar-refractivity contribution in [1.29, 1.82) is 0 Å². The molecule has 0 amide bonds. The number of aromatic amines is 1. The van der Waals surface area contributed by atoms with Gasteiger partial charge in [-0.2, -0.15) is 5.10 Å². The van der Waals surface area contributed by atoms with Gasteiger partial charge in [0.1, 0.15) is 0 Å². The summed E-state index contributed by atoms with van der Waals surface area (Å²) in [6.07, 6.45) is 1.96. The number of rotatable bonds is 5. The van der Waals surface area contributed by atoms with Crippen molar-refractivity contribution in [2.75, 3.05) is 27.2 Å². The molecule has 0 bridgehead atoms. The molecule has 130 valence electrons. The average Bonchev–Trinajstić information content (AvgIpc) is 3.15. The molecule has 1 aromatic heterocycles. The second kappa shape index (κ2) is 7.26. The summed E-state index contributed by atoms with van der Waals surface area (Å²) in [6.45, 7) is 7.86. The molecule has 0 saturated carbocycles. The molecule has 1 fully saturated rings. The topological polar surface area (TPSA) is 35.2 Å². The third-order valence-electron chi connectivity index (χ3n) is 5.17. The summed E-state index contributed by atoms with van der Waals surface area (Å²) in [6, 6.07) is 8.56. The van der Waals surface area contributed by atoms with Crippen molar-refractivity contribution in [3.8, 4) is 11.3 Å². The summed E-state index contributed by atoms with van der Waals surface area (Å²) in [5, 5.41) is 8.19. The van der Waals surface area contributed by atoms with Crippen LogP contribution >= 0.6 is 11.6 Å². The molecular weight excluding hydrogens is 320 g/mol. The fourth-order valence-electron chi connectivity index (χ4n) is 3.76. The number of aromatic nitrogens is 2. The Morgan fingerprint density at radius 2 is 1.96 bits per heavy atom. The summed E-state index contributed by atoms with van der Waals surface area (Å²) >= 11 is 6.00. The largest absolute Gasteiger partial charge is 0.305 e. The predicted molar refractivity (Wildman–Crippen MR) is 100 cm³/mol. The molecule has 0 aliphatic carbocycles. The monoisotopic (exact) mass is 346 g/mol. The van der Waals surface area contributed by atoms with Crippen molar-refractivity contribution in [3.05, 3.63) is 41.0 Å². The van der Waals surface area contributed by atoms with Crippen LogP contribution in [0.4, 0.5) is 0 Å². The molecule has 3 rings (SSSR count). The van der Waals surface area contributed by atoms with Crippen LogP contribution in [0.5, 0.6) is 0 Å². The summed E-state index contributed by atoms with van der Waals surface area (Å²) in [5.41, 5.74) is 3.48. The van der Waals surface area contributed by atoms with E-state index in [1.54, 1.807) is 0 Å². The number of H-pyrrole nitrogens is 1. The minimum absolute atomic E-state index is 0.621. The fourth-order valence-corrected chi connectivity index (χ4v) is 3.89. The lowest BCUT2D eigenvalue weighted by Gasteiger charge is -2.27. The number of nitrogens with zero attached hydrogens (tertiary/aromatic N) is 3. The Hall–Kier alpha value is -1.36. The fraction of sp³-hybridized carbons (Fsp3) is 0.526. The van der Waals surface area contributed by atoms with Crippen LogP contribution in [0.1, 0.15) is 19.4 Å². The van der Waals surface area contributed by atoms with E-state index in [-0.39, 0.29) is 0 Å². The first kappa shape index (κ1) is 17.5. The second-order valence-corrected chi connectivity index (χ2v) is 7.85. The number of likely N-dealkylation sites (N-methyl/N-ethyl adjacent to an activating group) is 1. The van der Waals surface area contributed by atoms with E-state index in [2.05, 4.69) is 47.9 Å². The third-order valence-corrected chi connectivity index (χ3v) is 5.42. The van der Waals surface area contributed by atoms with Crippen LogP contribution in [0.2, 0.25) is 5.02 Å². The molecule has 2 heterocycles. The Balaban J connectivity index is 1.76. The van der Waals surface area contributed by atoms with E-state index in [0.29, 0.717) is 17.9 Å². The van der Waals surface area contributed by atoms with E-state index >= 15 is 0 Å². The molecule has 1 aliphatic heterocycles.